The number of aromatic amines is 1. The van der Waals surface area contributed by atoms with Crippen molar-refractivity contribution in [3.8, 4) is 11.1 Å². The highest BCUT2D eigenvalue weighted by molar-refractivity contribution is 7.85. The standard InChI is InChI=1S/C13H10N2O3S.C3H5O/c16-19(17,18)13-14-11-8-4-7-10(12(11)15-13)9-5-2-1-3-6-9;1-2-3-4/h1-8H,(H,14,15)(H,16,17,18);2H,1,3H2. The van der Waals surface area contributed by atoms with E-state index in [0.717, 1.165) is 11.1 Å². The fourth-order valence-corrected chi connectivity index (χ4v) is 2.43. The lowest BCUT2D eigenvalue weighted by molar-refractivity contribution is 0.232. The summed E-state index contributed by atoms with van der Waals surface area (Å²) < 4.78 is 31.3. The summed E-state index contributed by atoms with van der Waals surface area (Å²) in [5.41, 5.74) is 2.86. The van der Waals surface area contributed by atoms with E-state index in [-0.39, 0.29) is 6.61 Å². The van der Waals surface area contributed by atoms with Crippen molar-refractivity contribution in [1.29, 1.82) is 0 Å². The molecule has 0 saturated heterocycles. The van der Waals surface area contributed by atoms with E-state index in [9.17, 15) is 13.5 Å². The first-order valence-corrected chi connectivity index (χ1v) is 8.12. The predicted octanol–water partition coefficient (Wildman–Crippen LogP) is 3.08. The number of nitrogens with zero attached hydrogens (tertiary/aromatic N) is 1. The molecule has 0 fully saturated rings. The maximum atomic E-state index is 11.1. The quantitative estimate of drug-likeness (QED) is 0.568. The molecule has 0 amide bonds. The van der Waals surface area contributed by atoms with Gasteiger partial charge in [-0.05, 0) is 11.6 Å². The first-order chi connectivity index (χ1) is 11.0. The minimum Gasteiger partial charge on any atom is -0.326 e. The van der Waals surface area contributed by atoms with Crippen LogP contribution in [0.5, 0.6) is 0 Å². The van der Waals surface area contributed by atoms with E-state index in [1.165, 1.54) is 6.08 Å². The van der Waals surface area contributed by atoms with E-state index in [1.54, 1.807) is 12.1 Å². The number of para-hydroxylation sites is 1. The molecular formula is C16H15N2O4S. The molecule has 0 spiro atoms. The number of imidazole rings is 1. The smallest absolute Gasteiger partial charge is 0.326 e. The van der Waals surface area contributed by atoms with Gasteiger partial charge in [-0.1, -0.05) is 48.5 Å². The van der Waals surface area contributed by atoms with Gasteiger partial charge in [0.15, 0.2) is 0 Å². The van der Waals surface area contributed by atoms with Gasteiger partial charge in [0.1, 0.15) is 6.61 Å². The van der Waals surface area contributed by atoms with Gasteiger partial charge in [0, 0.05) is 5.56 Å². The number of benzene rings is 2. The number of fused-ring (bicyclic) bond motifs is 1. The van der Waals surface area contributed by atoms with Crippen molar-refractivity contribution >= 4 is 21.2 Å². The molecule has 0 aliphatic heterocycles. The summed E-state index contributed by atoms with van der Waals surface area (Å²) in [6.45, 7) is 3.00. The zero-order chi connectivity index (χ0) is 16.9. The maximum Gasteiger partial charge on any atom is 0.328 e. The Morgan fingerprint density at radius 3 is 2.35 bits per heavy atom. The van der Waals surface area contributed by atoms with Crippen molar-refractivity contribution in [3.63, 3.8) is 0 Å². The number of nitrogens with one attached hydrogen (secondary N) is 1. The lowest BCUT2D eigenvalue weighted by Gasteiger charge is -2.01. The summed E-state index contributed by atoms with van der Waals surface area (Å²) in [6.07, 6.45) is 1.32. The SMILES string of the molecule is C=CC[O].O=S(=O)(O)c1nc2cccc(-c3ccccc3)c2[nH]1. The topological polar surface area (TPSA) is 103 Å². The van der Waals surface area contributed by atoms with Gasteiger partial charge in [-0.2, -0.15) is 8.42 Å². The number of rotatable bonds is 3. The van der Waals surface area contributed by atoms with Crippen LogP contribution in [0.15, 0.2) is 66.3 Å². The predicted molar refractivity (Wildman–Crippen MR) is 87.1 cm³/mol. The number of hydrogen-bond donors (Lipinski definition) is 2. The molecule has 1 aromatic heterocycles. The van der Waals surface area contributed by atoms with Crippen molar-refractivity contribution in [2.75, 3.05) is 6.61 Å². The van der Waals surface area contributed by atoms with Gasteiger partial charge in [0.2, 0.25) is 0 Å². The molecule has 0 bridgehead atoms. The molecule has 0 atom stereocenters. The molecule has 23 heavy (non-hydrogen) atoms. The molecule has 1 radical (unpaired) electrons. The van der Waals surface area contributed by atoms with Gasteiger partial charge >= 0.3 is 10.1 Å². The number of aromatic nitrogens is 2. The maximum absolute atomic E-state index is 11.1. The second kappa shape index (κ2) is 7.19. The van der Waals surface area contributed by atoms with Gasteiger partial charge < -0.3 is 4.98 Å². The van der Waals surface area contributed by atoms with Crippen molar-refractivity contribution in [3.05, 3.63) is 61.2 Å². The van der Waals surface area contributed by atoms with Gasteiger partial charge in [-0.15, -0.1) is 6.58 Å². The third kappa shape index (κ3) is 4.04. The Balaban J connectivity index is 0.000000433. The highest BCUT2D eigenvalue weighted by atomic mass is 32.2. The van der Waals surface area contributed by atoms with Crippen LogP contribution in [0.2, 0.25) is 0 Å². The van der Waals surface area contributed by atoms with Crippen molar-refractivity contribution < 1.29 is 18.1 Å². The summed E-state index contributed by atoms with van der Waals surface area (Å²) in [5, 5.41) is 8.74. The molecule has 3 rings (SSSR count). The monoisotopic (exact) mass is 331 g/mol. The van der Waals surface area contributed by atoms with Crippen LogP contribution in [0.1, 0.15) is 0 Å². The van der Waals surface area contributed by atoms with Gasteiger partial charge in [0.25, 0.3) is 5.16 Å². The van der Waals surface area contributed by atoms with E-state index < -0.39 is 15.3 Å². The summed E-state index contributed by atoms with van der Waals surface area (Å²) in [6, 6.07) is 14.9. The van der Waals surface area contributed by atoms with Crippen molar-refractivity contribution in [2.45, 2.75) is 5.16 Å². The first kappa shape index (κ1) is 16.9. The zero-order valence-corrected chi connectivity index (χ0v) is 13.0. The van der Waals surface area contributed by atoms with Gasteiger partial charge in [0.05, 0.1) is 11.0 Å². The normalized spacial score (nSPS) is 10.9. The fraction of sp³-hybridized carbons (Fsp3) is 0.0625. The zero-order valence-electron chi connectivity index (χ0n) is 12.1. The van der Waals surface area contributed by atoms with Crippen molar-refractivity contribution in [1.82, 2.24) is 9.97 Å². The van der Waals surface area contributed by atoms with Crippen molar-refractivity contribution in [2.24, 2.45) is 0 Å². The molecule has 1 heterocycles. The van der Waals surface area contributed by atoms with E-state index in [4.69, 9.17) is 4.55 Å². The highest BCUT2D eigenvalue weighted by Gasteiger charge is 2.16. The number of H-pyrrole nitrogens is 1. The second-order valence-electron chi connectivity index (χ2n) is 4.54. The van der Waals surface area contributed by atoms with Crippen LogP contribution in [0.25, 0.3) is 22.2 Å². The lowest BCUT2D eigenvalue weighted by Crippen LogP contribution is -1.99. The van der Waals surface area contributed by atoms with Crippen LogP contribution in [-0.4, -0.2) is 29.5 Å². The summed E-state index contributed by atoms with van der Waals surface area (Å²) in [5.74, 6) is 0. The summed E-state index contributed by atoms with van der Waals surface area (Å²) >= 11 is 0. The first-order valence-electron chi connectivity index (χ1n) is 6.68. The lowest BCUT2D eigenvalue weighted by atomic mass is 10.0. The molecule has 6 nitrogen and oxygen atoms in total. The second-order valence-corrected chi connectivity index (χ2v) is 5.87. The molecule has 0 unspecified atom stereocenters. The molecular weight excluding hydrogens is 316 g/mol. The Kier molecular flexibility index (Phi) is 5.28. The third-order valence-electron chi connectivity index (χ3n) is 2.94. The molecule has 7 heteroatoms. The molecule has 0 aliphatic rings. The third-order valence-corrected chi connectivity index (χ3v) is 3.63. The van der Waals surface area contributed by atoms with Crippen LogP contribution in [0.3, 0.4) is 0 Å². The minimum atomic E-state index is -4.33. The summed E-state index contributed by atoms with van der Waals surface area (Å²) in [4.78, 5) is 6.53. The Labute approximate surface area is 133 Å². The molecule has 2 N–H and O–H groups in total. The van der Waals surface area contributed by atoms with E-state index in [1.807, 2.05) is 36.4 Å². The average molecular weight is 331 g/mol. The van der Waals surface area contributed by atoms with E-state index in [2.05, 4.69) is 16.5 Å². The van der Waals surface area contributed by atoms with Crippen LogP contribution < -0.4 is 0 Å². The Bertz CT molecular complexity index is 902. The molecule has 0 aliphatic carbocycles. The van der Waals surface area contributed by atoms with E-state index in [0.29, 0.717) is 11.0 Å². The van der Waals surface area contributed by atoms with Gasteiger partial charge in [-0.25, -0.2) is 10.1 Å². The average Bonchev–Trinajstić information content (AvgIpc) is 3.00. The fourth-order valence-electron chi connectivity index (χ4n) is 1.99. The summed E-state index contributed by atoms with van der Waals surface area (Å²) in [7, 11) is -4.33. The van der Waals surface area contributed by atoms with Crippen LogP contribution in [-0.2, 0) is 15.2 Å². The van der Waals surface area contributed by atoms with Crippen LogP contribution >= 0.6 is 0 Å². The largest absolute Gasteiger partial charge is 0.328 e. The Hall–Kier alpha value is -2.48. The Morgan fingerprint density at radius 1 is 1.13 bits per heavy atom. The Morgan fingerprint density at radius 2 is 1.78 bits per heavy atom. The molecule has 0 saturated carbocycles. The van der Waals surface area contributed by atoms with Crippen LogP contribution in [0, 0.1) is 0 Å². The molecule has 119 valence electrons. The number of hydrogen-bond acceptors (Lipinski definition) is 3. The van der Waals surface area contributed by atoms with Gasteiger partial charge in [-0.3, -0.25) is 4.55 Å². The van der Waals surface area contributed by atoms with Crippen LogP contribution in [0.4, 0.5) is 0 Å². The molecule has 3 aromatic rings. The highest BCUT2D eigenvalue weighted by Crippen LogP contribution is 2.27. The minimum absolute atomic E-state index is 0.167. The van der Waals surface area contributed by atoms with E-state index >= 15 is 0 Å². The molecule has 2 aromatic carbocycles.